The minimum atomic E-state index is -4.92. The largest absolute Gasteiger partial charge is 0.416 e. The Morgan fingerprint density at radius 2 is 1.56 bits per heavy atom. The number of likely N-dealkylation sites (N-methyl/N-ethyl adjacent to an activating group) is 1. The number of nitrogens with zero attached hydrogens (tertiary/aromatic N) is 1. The highest BCUT2D eigenvalue weighted by Gasteiger charge is 2.37. The first-order valence-electron chi connectivity index (χ1n) is 11.3. The number of amides is 1. The third-order valence-corrected chi connectivity index (χ3v) is 6.07. The fourth-order valence-corrected chi connectivity index (χ4v) is 4.20. The van der Waals surface area contributed by atoms with Gasteiger partial charge in [-0.25, -0.2) is 0 Å². The van der Waals surface area contributed by atoms with Crippen LogP contribution in [0.3, 0.4) is 0 Å². The highest BCUT2D eigenvalue weighted by Crippen LogP contribution is 2.36. The molecule has 1 fully saturated rings. The van der Waals surface area contributed by atoms with Gasteiger partial charge in [-0.3, -0.25) is 4.79 Å². The Kier molecular flexibility index (Phi) is 10.6. The smallest absolute Gasteiger partial charge is 0.376 e. The molecule has 11 heteroatoms. The van der Waals surface area contributed by atoms with Crippen LogP contribution in [-0.4, -0.2) is 44.1 Å². The lowest BCUT2D eigenvalue weighted by Gasteiger charge is -2.30. The minimum absolute atomic E-state index is 0. The molecule has 1 N–H and O–H groups in total. The van der Waals surface area contributed by atoms with E-state index in [2.05, 4.69) is 5.32 Å². The van der Waals surface area contributed by atoms with Gasteiger partial charge < -0.3 is 15.0 Å². The number of benzene rings is 2. The van der Waals surface area contributed by atoms with Gasteiger partial charge in [0.25, 0.3) is 0 Å². The van der Waals surface area contributed by atoms with Gasteiger partial charge in [0.1, 0.15) is 0 Å². The molecule has 4 nitrogen and oxygen atoms in total. The summed E-state index contributed by atoms with van der Waals surface area (Å²) >= 11 is 0. The van der Waals surface area contributed by atoms with Crippen LogP contribution in [0.2, 0.25) is 0 Å². The second-order valence-electron chi connectivity index (χ2n) is 8.78. The van der Waals surface area contributed by atoms with Crippen molar-refractivity contribution in [2.45, 2.75) is 37.7 Å². The standard InChI is InChI=1S/C25H28F6N2O2.ClH/c1-33(23(34)19-7-9-32-10-8-19)14-20(18-5-3-2-4-6-18)16-35-15-17-11-21(24(26,27)28)13-22(12-17)25(29,30)31;/h2-6,11-13,19-20,32H,7-10,14-16H2,1H3;1H. The Morgan fingerprint density at radius 3 is 2.08 bits per heavy atom. The quantitative estimate of drug-likeness (QED) is 0.425. The van der Waals surface area contributed by atoms with Crippen molar-refractivity contribution < 1.29 is 35.9 Å². The summed E-state index contributed by atoms with van der Waals surface area (Å²) in [7, 11) is 1.70. The van der Waals surface area contributed by atoms with Gasteiger partial charge in [-0.15, -0.1) is 12.4 Å². The number of piperidine rings is 1. The number of nitrogens with one attached hydrogen (secondary N) is 1. The Morgan fingerprint density at radius 1 is 1.00 bits per heavy atom. The Bertz CT molecular complexity index is 947. The van der Waals surface area contributed by atoms with Crippen molar-refractivity contribution in [3.05, 3.63) is 70.8 Å². The molecule has 3 rings (SSSR count). The van der Waals surface area contributed by atoms with E-state index in [4.69, 9.17) is 4.74 Å². The van der Waals surface area contributed by atoms with E-state index in [9.17, 15) is 31.1 Å². The van der Waals surface area contributed by atoms with Gasteiger partial charge in [0.2, 0.25) is 5.91 Å². The fraction of sp³-hybridized carbons (Fsp3) is 0.480. The second-order valence-corrected chi connectivity index (χ2v) is 8.78. The molecule has 2 aromatic carbocycles. The molecule has 36 heavy (non-hydrogen) atoms. The Balaban J connectivity index is 0.00000456. The molecular formula is C25H29ClF6N2O2. The van der Waals surface area contributed by atoms with Crippen molar-refractivity contribution in [1.82, 2.24) is 10.2 Å². The first-order chi connectivity index (χ1) is 16.4. The Labute approximate surface area is 212 Å². The molecule has 0 saturated carbocycles. The number of hydrogen-bond donors (Lipinski definition) is 1. The average Bonchev–Trinajstić information content (AvgIpc) is 2.82. The zero-order chi connectivity index (χ0) is 25.6. The molecule has 1 heterocycles. The van der Waals surface area contributed by atoms with Crippen LogP contribution in [0, 0.1) is 5.92 Å². The van der Waals surface area contributed by atoms with E-state index in [1.165, 1.54) is 0 Å². The number of halogens is 7. The molecule has 1 saturated heterocycles. The van der Waals surface area contributed by atoms with Crippen molar-refractivity contribution >= 4 is 18.3 Å². The van der Waals surface area contributed by atoms with E-state index in [0.29, 0.717) is 18.7 Å². The van der Waals surface area contributed by atoms with Crippen molar-refractivity contribution in [3.63, 3.8) is 0 Å². The van der Waals surface area contributed by atoms with Gasteiger partial charge in [-0.05, 0) is 55.3 Å². The molecule has 1 atom stereocenters. The molecule has 0 aromatic heterocycles. The molecular weight excluding hydrogens is 510 g/mol. The maximum atomic E-state index is 13.1. The van der Waals surface area contributed by atoms with Crippen molar-refractivity contribution in [2.24, 2.45) is 5.92 Å². The molecule has 1 unspecified atom stereocenters. The summed E-state index contributed by atoms with van der Waals surface area (Å²) in [5.74, 6) is -0.371. The van der Waals surface area contributed by atoms with Gasteiger partial charge in [0.15, 0.2) is 0 Å². The van der Waals surface area contributed by atoms with E-state index in [1.807, 2.05) is 30.3 Å². The molecule has 1 aliphatic rings. The van der Waals surface area contributed by atoms with Gasteiger partial charge >= 0.3 is 12.4 Å². The molecule has 200 valence electrons. The summed E-state index contributed by atoms with van der Waals surface area (Å²) in [5, 5.41) is 3.21. The van der Waals surface area contributed by atoms with Crippen LogP contribution in [-0.2, 0) is 28.5 Å². The monoisotopic (exact) mass is 538 g/mol. The molecule has 0 bridgehead atoms. The van der Waals surface area contributed by atoms with E-state index in [1.54, 1.807) is 11.9 Å². The number of alkyl halides is 6. The predicted octanol–water partition coefficient (Wildman–Crippen LogP) is 5.90. The summed E-state index contributed by atoms with van der Waals surface area (Å²) < 4.78 is 84.4. The molecule has 1 amide bonds. The van der Waals surface area contributed by atoms with Crippen LogP contribution >= 0.6 is 12.4 Å². The first-order valence-corrected chi connectivity index (χ1v) is 11.3. The van der Waals surface area contributed by atoms with Crippen molar-refractivity contribution in [3.8, 4) is 0 Å². The van der Waals surface area contributed by atoms with Crippen LogP contribution in [0.1, 0.15) is 41.0 Å². The molecule has 0 spiro atoms. The predicted molar refractivity (Wildman–Crippen MR) is 126 cm³/mol. The van der Waals surface area contributed by atoms with Gasteiger partial charge in [0, 0.05) is 25.4 Å². The molecule has 1 aliphatic heterocycles. The number of rotatable bonds is 8. The lowest BCUT2D eigenvalue weighted by atomic mass is 9.95. The summed E-state index contributed by atoms with van der Waals surface area (Å²) in [6, 6.07) is 10.6. The third kappa shape index (κ3) is 8.38. The highest BCUT2D eigenvalue weighted by atomic mass is 35.5. The van der Waals surface area contributed by atoms with E-state index >= 15 is 0 Å². The number of ether oxygens (including phenoxy) is 1. The van der Waals surface area contributed by atoms with Crippen LogP contribution < -0.4 is 5.32 Å². The van der Waals surface area contributed by atoms with Crippen molar-refractivity contribution in [1.29, 1.82) is 0 Å². The maximum absolute atomic E-state index is 13.1. The summed E-state index contributed by atoms with van der Waals surface area (Å²) in [6.45, 7) is 1.44. The van der Waals surface area contributed by atoms with Crippen molar-refractivity contribution in [2.75, 3.05) is 33.3 Å². The van der Waals surface area contributed by atoms with Gasteiger partial charge in [0.05, 0.1) is 24.3 Å². The number of carbonyl (C=O) groups is 1. The van der Waals surface area contributed by atoms with Gasteiger partial charge in [-0.1, -0.05) is 30.3 Å². The minimum Gasteiger partial charge on any atom is -0.376 e. The molecule has 0 radical (unpaired) electrons. The zero-order valence-electron chi connectivity index (χ0n) is 19.7. The van der Waals surface area contributed by atoms with E-state index in [-0.39, 0.29) is 48.4 Å². The van der Waals surface area contributed by atoms with Crippen LogP contribution in [0.25, 0.3) is 0 Å². The number of hydrogen-bond acceptors (Lipinski definition) is 3. The molecule has 0 aliphatic carbocycles. The second kappa shape index (κ2) is 12.8. The average molecular weight is 539 g/mol. The summed E-state index contributed by atoms with van der Waals surface area (Å²) in [4.78, 5) is 14.5. The highest BCUT2D eigenvalue weighted by molar-refractivity contribution is 5.85. The SMILES string of the molecule is CN(CC(COCc1cc(C(F)(F)F)cc(C(F)(F)F)c1)c1ccccc1)C(=O)C1CCNCC1.Cl. The van der Waals surface area contributed by atoms with Crippen LogP contribution in [0.5, 0.6) is 0 Å². The lowest BCUT2D eigenvalue weighted by Crippen LogP contribution is -2.41. The van der Waals surface area contributed by atoms with E-state index < -0.39 is 30.1 Å². The maximum Gasteiger partial charge on any atom is 0.416 e. The summed E-state index contributed by atoms with van der Waals surface area (Å²) in [5.41, 5.74) is -2.12. The topological polar surface area (TPSA) is 41.6 Å². The lowest BCUT2D eigenvalue weighted by molar-refractivity contribution is -0.143. The first kappa shape index (κ1) is 29.9. The third-order valence-electron chi connectivity index (χ3n) is 6.07. The normalized spacial score (nSPS) is 15.8. The molecule has 2 aromatic rings. The van der Waals surface area contributed by atoms with Crippen LogP contribution in [0.15, 0.2) is 48.5 Å². The summed E-state index contributed by atoms with van der Waals surface area (Å²) in [6.07, 6.45) is -8.35. The number of carbonyl (C=O) groups excluding carboxylic acids is 1. The van der Waals surface area contributed by atoms with E-state index in [0.717, 1.165) is 31.5 Å². The van der Waals surface area contributed by atoms with Gasteiger partial charge in [-0.2, -0.15) is 26.3 Å². The van der Waals surface area contributed by atoms with Crippen LogP contribution in [0.4, 0.5) is 26.3 Å². The Hall–Kier alpha value is -2.30. The fourth-order valence-electron chi connectivity index (χ4n) is 4.20. The zero-order valence-corrected chi connectivity index (χ0v) is 20.5.